The van der Waals surface area contributed by atoms with Gasteiger partial charge in [0.05, 0.1) is 22.2 Å². The average Bonchev–Trinajstić information content (AvgIpc) is 2.67. The van der Waals surface area contributed by atoms with Crippen LogP contribution in [-0.2, 0) is 0 Å². The second-order valence-electron chi connectivity index (χ2n) is 7.08. The van der Waals surface area contributed by atoms with Crippen LogP contribution in [0.5, 0.6) is 0 Å². The lowest BCUT2D eigenvalue weighted by molar-refractivity contribution is 0.116. The van der Waals surface area contributed by atoms with E-state index in [9.17, 15) is 4.39 Å². The molecule has 3 aliphatic rings. The molecule has 1 fully saturated rings. The third-order valence-corrected chi connectivity index (χ3v) is 6.44. The molecular formula is C18H23FN4S. The van der Waals surface area contributed by atoms with E-state index in [1.807, 2.05) is 24.9 Å². The maximum absolute atomic E-state index is 14.9. The zero-order valence-electron chi connectivity index (χ0n) is 14.6. The van der Waals surface area contributed by atoms with Gasteiger partial charge in [0, 0.05) is 31.9 Å². The highest BCUT2D eigenvalue weighted by atomic mass is 32.2. The van der Waals surface area contributed by atoms with Crippen LogP contribution in [0.15, 0.2) is 28.4 Å². The first-order valence-corrected chi connectivity index (χ1v) is 9.31. The Kier molecular flexibility index (Phi) is 3.65. The fourth-order valence-corrected chi connectivity index (χ4v) is 5.31. The van der Waals surface area contributed by atoms with E-state index in [0.29, 0.717) is 23.5 Å². The molecule has 0 saturated carbocycles. The minimum absolute atomic E-state index is 0.104. The van der Waals surface area contributed by atoms with E-state index in [0.717, 1.165) is 40.8 Å². The van der Waals surface area contributed by atoms with Crippen molar-refractivity contribution in [2.45, 2.75) is 30.8 Å². The minimum atomic E-state index is -0.104. The van der Waals surface area contributed by atoms with Crippen LogP contribution in [-0.4, -0.2) is 60.7 Å². The minimum Gasteiger partial charge on any atom is -0.347 e. The van der Waals surface area contributed by atoms with Crippen LogP contribution in [0.25, 0.3) is 0 Å². The fraction of sp³-hybridized carbons (Fsp3) is 0.500. The first-order chi connectivity index (χ1) is 11.4. The number of rotatable bonds is 0. The van der Waals surface area contributed by atoms with E-state index in [1.165, 1.54) is 0 Å². The number of fused-ring (bicyclic) bond motifs is 2. The number of hydrogen-bond acceptors (Lipinski definition) is 5. The van der Waals surface area contributed by atoms with E-state index in [2.05, 4.69) is 30.4 Å². The zero-order valence-corrected chi connectivity index (χ0v) is 15.5. The van der Waals surface area contributed by atoms with Crippen LogP contribution in [0.4, 0.5) is 10.1 Å². The summed E-state index contributed by atoms with van der Waals surface area (Å²) in [5, 5.41) is 0. The van der Waals surface area contributed by atoms with Crippen molar-refractivity contribution in [1.82, 2.24) is 9.80 Å². The number of benzene rings is 1. The summed E-state index contributed by atoms with van der Waals surface area (Å²) in [6.07, 6.45) is 0. The Morgan fingerprint density at radius 1 is 1.33 bits per heavy atom. The second-order valence-corrected chi connectivity index (χ2v) is 8.11. The molecule has 0 aromatic heterocycles. The number of likely N-dealkylation sites (N-methyl/N-ethyl adjacent to an activating group) is 1. The monoisotopic (exact) mass is 346 g/mol. The van der Waals surface area contributed by atoms with Gasteiger partial charge in [0.2, 0.25) is 0 Å². The molecule has 2 atom stereocenters. The van der Waals surface area contributed by atoms with E-state index < -0.39 is 0 Å². The summed E-state index contributed by atoms with van der Waals surface area (Å²) in [6.45, 7) is 10.1. The predicted molar refractivity (Wildman–Crippen MR) is 98.5 cm³/mol. The molecule has 0 N–H and O–H groups in total. The van der Waals surface area contributed by atoms with Crippen LogP contribution >= 0.6 is 11.8 Å². The Labute approximate surface area is 147 Å². The van der Waals surface area contributed by atoms with Gasteiger partial charge in [-0.2, -0.15) is 0 Å². The number of nitrogens with zero attached hydrogens (tertiary/aromatic N) is 4. The number of amidine groups is 1. The predicted octanol–water partition coefficient (Wildman–Crippen LogP) is 2.91. The Balaban J connectivity index is 1.96. The summed E-state index contributed by atoms with van der Waals surface area (Å²) in [4.78, 5) is 12.3. The highest BCUT2D eigenvalue weighted by Gasteiger charge is 2.40. The van der Waals surface area contributed by atoms with E-state index >= 15 is 0 Å². The van der Waals surface area contributed by atoms with Gasteiger partial charge >= 0.3 is 0 Å². The molecule has 2 unspecified atom stereocenters. The Morgan fingerprint density at radius 3 is 2.83 bits per heavy atom. The zero-order chi connectivity index (χ0) is 17.2. The van der Waals surface area contributed by atoms with Crippen molar-refractivity contribution in [3.8, 4) is 0 Å². The van der Waals surface area contributed by atoms with Gasteiger partial charge < -0.3 is 14.7 Å². The summed E-state index contributed by atoms with van der Waals surface area (Å²) < 4.78 is 14.9. The highest BCUT2D eigenvalue weighted by molar-refractivity contribution is 7.99. The molecular weight excluding hydrogens is 323 g/mol. The number of thioether (sulfide) groups is 1. The van der Waals surface area contributed by atoms with Crippen molar-refractivity contribution in [2.75, 3.05) is 37.8 Å². The Bertz CT molecular complexity index is 760. The SMILES string of the molecule is C=C1N=C2c3c(cc(C)c(F)c3SCC3CN(C)CC(C)N23)N1C. The molecule has 0 bridgehead atoms. The third kappa shape index (κ3) is 2.19. The lowest BCUT2D eigenvalue weighted by Crippen LogP contribution is -2.59. The van der Waals surface area contributed by atoms with Gasteiger partial charge in [-0.05, 0) is 32.5 Å². The van der Waals surface area contributed by atoms with Crippen LogP contribution in [0.2, 0.25) is 0 Å². The molecule has 6 heteroatoms. The molecule has 3 aliphatic heterocycles. The molecule has 0 radical (unpaired) electrons. The molecule has 1 aromatic carbocycles. The second kappa shape index (κ2) is 5.49. The number of halogens is 1. The van der Waals surface area contributed by atoms with Gasteiger partial charge in [-0.1, -0.05) is 6.58 Å². The summed E-state index contributed by atoms with van der Waals surface area (Å²) in [5.41, 5.74) is 2.64. The molecule has 3 heterocycles. The van der Waals surface area contributed by atoms with Crippen molar-refractivity contribution in [2.24, 2.45) is 4.99 Å². The first-order valence-electron chi connectivity index (χ1n) is 8.33. The van der Waals surface area contributed by atoms with Crippen LogP contribution in [0.3, 0.4) is 0 Å². The van der Waals surface area contributed by atoms with Gasteiger partial charge in [0.15, 0.2) is 0 Å². The molecule has 1 saturated heterocycles. The van der Waals surface area contributed by atoms with Gasteiger partial charge in [-0.3, -0.25) is 0 Å². The third-order valence-electron chi connectivity index (χ3n) is 5.22. The Morgan fingerprint density at radius 2 is 2.08 bits per heavy atom. The quantitative estimate of drug-likeness (QED) is 0.720. The lowest BCUT2D eigenvalue weighted by atomic mass is 10.0. The molecule has 4 rings (SSSR count). The topological polar surface area (TPSA) is 22.1 Å². The standard InChI is InChI=1S/C18H23FN4S/c1-10-6-14-15-17(16(10)19)24-9-13-8-21(4)7-11(2)23(13)18(15)20-12(3)22(14)5/h6,11,13H,3,7-9H2,1-2,4-5H3. The summed E-state index contributed by atoms with van der Waals surface area (Å²) in [6, 6.07) is 2.60. The van der Waals surface area contributed by atoms with E-state index in [4.69, 9.17) is 4.99 Å². The van der Waals surface area contributed by atoms with Gasteiger partial charge in [0.1, 0.15) is 17.5 Å². The maximum atomic E-state index is 14.9. The van der Waals surface area contributed by atoms with Gasteiger partial charge in [-0.15, -0.1) is 11.8 Å². The van der Waals surface area contributed by atoms with Gasteiger partial charge in [-0.25, -0.2) is 9.38 Å². The largest absolute Gasteiger partial charge is 0.347 e. The molecule has 0 aliphatic carbocycles. The lowest BCUT2D eigenvalue weighted by Gasteiger charge is -2.46. The summed E-state index contributed by atoms with van der Waals surface area (Å²) in [7, 11) is 4.11. The van der Waals surface area contributed by atoms with Crippen molar-refractivity contribution in [1.29, 1.82) is 0 Å². The molecule has 1 aromatic rings. The molecule has 128 valence electrons. The first kappa shape index (κ1) is 16.0. The summed E-state index contributed by atoms with van der Waals surface area (Å²) >= 11 is 1.63. The summed E-state index contributed by atoms with van der Waals surface area (Å²) in [5.74, 6) is 2.38. The number of hydrogen-bond donors (Lipinski definition) is 0. The Hall–Kier alpha value is -1.53. The smallest absolute Gasteiger partial charge is 0.142 e. The molecule has 0 amide bonds. The number of aryl methyl sites for hydroxylation is 1. The van der Waals surface area contributed by atoms with E-state index in [1.54, 1.807) is 11.8 Å². The maximum Gasteiger partial charge on any atom is 0.142 e. The number of aliphatic imine (C=N–C) groups is 1. The van der Waals surface area contributed by atoms with Crippen LogP contribution in [0.1, 0.15) is 18.1 Å². The van der Waals surface area contributed by atoms with Crippen molar-refractivity contribution >= 4 is 23.3 Å². The highest BCUT2D eigenvalue weighted by Crippen LogP contribution is 2.43. The number of anilines is 1. The van der Waals surface area contributed by atoms with Crippen molar-refractivity contribution in [3.63, 3.8) is 0 Å². The average molecular weight is 346 g/mol. The van der Waals surface area contributed by atoms with Crippen molar-refractivity contribution in [3.05, 3.63) is 35.4 Å². The van der Waals surface area contributed by atoms with Crippen molar-refractivity contribution < 1.29 is 4.39 Å². The fourth-order valence-electron chi connectivity index (χ4n) is 4.06. The van der Waals surface area contributed by atoms with Crippen LogP contribution in [0, 0.1) is 12.7 Å². The van der Waals surface area contributed by atoms with Crippen LogP contribution < -0.4 is 4.90 Å². The molecule has 24 heavy (non-hydrogen) atoms. The van der Waals surface area contributed by atoms with E-state index in [-0.39, 0.29) is 5.82 Å². The molecule has 0 spiro atoms. The number of piperazine rings is 1. The normalized spacial score (nSPS) is 26.7. The van der Waals surface area contributed by atoms with Gasteiger partial charge in [0.25, 0.3) is 0 Å². The molecule has 4 nitrogen and oxygen atoms in total.